The van der Waals surface area contributed by atoms with Gasteiger partial charge in [0.25, 0.3) is 11.5 Å². The fourth-order valence-electron chi connectivity index (χ4n) is 2.10. The maximum Gasteiger partial charge on any atom is 0.253 e. The number of amides is 1. The minimum Gasteiger partial charge on any atom is -0.348 e. The van der Waals surface area contributed by atoms with Gasteiger partial charge in [-0.1, -0.05) is 18.2 Å². The molecule has 2 aromatic heterocycles. The highest BCUT2D eigenvalue weighted by molar-refractivity contribution is 5.94. The number of rotatable bonds is 3. The molecule has 5 heteroatoms. The van der Waals surface area contributed by atoms with E-state index in [9.17, 15) is 9.59 Å². The van der Waals surface area contributed by atoms with Crippen molar-refractivity contribution in [1.82, 2.24) is 15.3 Å². The van der Waals surface area contributed by atoms with Crippen molar-refractivity contribution in [2.24, 2.45) is 0 Å². The van der Waals surface area contributed by atoms with Crippen LogP contribution in [0.1, 0.15) is 15.9 Å². The average Bonchev–Trinajstić information content (AvgIpc) is 2.53. The Balaban J connectivity index is 1.81. The number of hydrogen-bond donors (Lipinski definition) is 2. The number of nitrogens with one attached hydrogen (secondary N) is 2. The zero-order chi connectivity index (χ0) is 14.7. The molecule has 0 saturated carbocycles. The van der Waals surface area contributed by atoms with Crippen LogP contribution >= 0.6 is 0 Å². The van der Waals surface area contributed by atoms with Crippen molar-refractivity contribution in [3.8, 4) is 0 Å². The fraction of sp³-hybridized carbons (Fsp3) is 0.0625. The Labute approximate surface area is 120 Å². The fourth-order valence-corrected chi connectivity index (χ4v) is 2.10. The van der Waals surface area contributed by atoms with E-state index >= 15 is 0 Å². The van der Waals surface area contributed by atoms with Crippen molar-refractivity contribution < 1.29 is 4.79 Å². The van der Waals surface area contributed by atoms with Crippen LogP contribution < -0.4 is 10.9 Å². The van der Waals surface area contributed by atoms with E-state index in [1.807, 2.05) is 24.3 Å². The van der Waals surface area contributed by atoms with Gasteiger partial charge in [-0.3, -0.25) is 14.6 Å². The summed E-state index contributed by atoms with van der Waals surface area (Å²) in [7, 11) is 0. The van der Waals surface area contributed by atoms with Gasteiger partial charge in [-0.2, -0.15) is 0 Å². The second-order valence-electron chi connectivity index (χ2n) is 4.63. The van der Waals surface area contributed by atoms with E-state index in [2.05, 4.69) is 15.3 Å². The summed E-state index contributed by atoms with van der Waals surface area (Å²) < 4.78 is 0. The zero-order valence-electron chi connectivity index (χ0n) is 11.2. The number of carbonyl (C=O) groups is 1. The molecule has 1 amide bonds. The number of H-pyrrole nitrogens is 1. The Kier molecular flexibility index (Phi) is 3.47. The van der Waals surface area contributed by atoms with Crippen molar-refractivity contribution in [2.75, 3.05) is 0 Å². The molecule has 2 N–H and O–H groups in total. The Morgan fingerprint density at radius 3 is 2.71 bits per heavy atom. The number of aromatic nitrogens is 2. The Morgan fingerprint density at radius 2 is 1.90 bits per heavy atom. The molecule has 2 heterocycles. The molecule has 0 aliphatic rings. The highest BCUT2D eigenvalue weighted by atomic mass is 16.1. The Hall–Kier alpha value is -2.95. The first-order valence-electron chi connectivity index (χ1n) is 6.53. The first-order chi connectivity index (χ1) is 10.2. The molecule has 104 valence electrons. The van der Waals surface area contributed by atoms with Crippen LogP contribution in [0.5, 0.6) is 0 Å². The molecule has 0 aliphatic heterocycles. The predicted octanol–water partition coefficient (Wildman–Crippen LogP) is 1.85. The van der Waals surface area contributed by atoms with E-state index in [-0.39, 0.29) is 18.0 Å². The number of hydrogen-bond acceptors (Lipinski definition) is 3. The van der Waals surface area contributed by atoms with Crippen LogP contribution in [0, 0.1) is 0 Å². The molecule has 0 atom stereocenters. The minimum absolute atomic E-state index is 0.182. The van der Waals surface area contributed by atoms with Crippen molar-refractivity contribution in [1.29, 1.82) is 0 Å². The number of nitrogens with zero attached hydrogens (tertiary/aromatic N) is 1. The lowest BCUT2D eigenvalue weighted by Crippen LogP contribution is -2.26. The minimum atomic E-state index is -0.232. The van der Waals surface area contributed by atoms with Gasteiger partial charge in [0.15, 0.2) is 0 Å². The van der Waals surface area contributed by atoms with Crippen molar-refractivity contribution in [3.05, 3.63) is 76.3 Å². The first-order valence-corrected chi connectivity index (χ1v) is 6.53. The van der Waals surface area contributed by atoms with E-state index in [0.717, 1.165) is 10.9 Å². The number of para-hydroxylation sites is 1. The topological polar surface area (TPSA) is 74.8 Å². The Bertz CT molecular complexity index is 841. The van der Waals surface area contributed by atoms with Crippen molar-refractivity contribution in [2.45, 2.75) is 6.54 Å². The summed E-state index contributed by atoms with van der Waals surface area (Å²) in [4.78, 5) is 30.6. The van der Waals surface area contributed by atoms with Gasteiger partial charge >= 0.3 is 0 Å². The van der Waals surface area contributed by atoms with E-state index in [4.69, 9.17) is 0 Å². The number of pyridine rings is 2. The lowest BCUT2D eigenvalue weighted by Gasteiger charge is -2.06. The van der Waals surface area contributed by atoms with Crippen molar-refractivity contribution in [3.63, 3.8) is 0 Å². The normalized spacial score (nSPS) is 10.5. The third-order valence-electron chi connectivity index (χ3n) is 3.21. The molecule has 0 unspecified atom stereocenters. The molecule has 5 nitrogen and oxygen atoms in total. The Morgan fingerprint density at radius 1 is 1.14 bits per heavy atom. The maximum absolute atomic E-state index is 12.0. The SMILES string of the molecule is O=C(NCc1cc2ccccc2[nH]c1=O)c1ccncc1. The molecule has 0 bridgehead atoms. The number of carbonyl (C=O) groups excluding carboxylic acids is 1. The first kappa shape index (κ1) is 13.1. The van der Waals surface area contributed by atoms with E-state index in [1.54, 1.807) is 30.6 Å². The van der Waals surface area contributed by atoms with Gasteiger partial charge in [0, 0.05) is 35.6 Å². The monoisotopic (exact) mass is 279 g/mol. The highest BCUT2D eigenvalue weighted by Crippen LogP contribution is 2.10. The molecular formula is C16H13N3O2. The van der Waals surface area contributed by atoms with Crippen LogP contribution in [-0.4, -0.2) is 15.9 Å². The molecule has 0 fully saturated rings. The van der Waals surface area contributed by atoms with Gasteiger partial charge in [0.1, 0.15) is 0 Å². The largest absolute Gasteiger partial charge is 0.348 e. The molecule has 3 rings (SSSR count). The molecule has 1 aromatic carbocycles. The third kappa shape index (κ3) is 2.81. The van der Waals surface area contributed by atoms with Gasteiger partial charge < -0.3 is 10.3 Å². The van der Waals surface area contributed by atoms with Crippen LogP contribution in [0.2, 0.25) is 0 Å². The summed E-state index contributed by atoms with van der Waals surface area (Å²) in [6.07, 6.45) is 3.11. The van der Waals surface area contributed by atoms with Crippen LogP contribution in [0.3, 0.4) is 0 Å². The van der Waals surface area contributed by atoms with Crippen LogP contribution in [0.15, 0.2) is 59.7 Å². The van der Waals surface area contributed by atoms with Gasteiger partial charge in [-0.05, 0) is 29.7 Å². The van der Waals surface area contributed by atoms with Gasteiger partial charge in [0.2, 0.25) is 0 Å². The summed E-state index contributed by atoms with van der Waals surface area (Å²) in [5, 5.41) is 3.67. The summed E-state index contributed by atoms with van der Waals surface area (Å²) in [6.45, 7) is 0.182. The number of benzene rings is 1. The highest BCUT2D eigenvalue weighted by Gasteiger charge is 2.07. The number of fused-ring (bicyclic) bond motifs is 1. The maximum atomic E-state index is 12.0. The van der Waals surface area contributed by atoms with E-state index in [1.165, 1.54) is 0 Å². The van der Waals surface area contributed by atoms with Crippen LogP contribution in [0.25, 0.3) is 10.9 Å². The summed E-state index contributed by atoms with van der Waals surface area (Å²) in [5.41, 5.74) is 1.63. The molecule has 21 heavy (non-hydrogen) atoms. The quantitative estimate of drug-likeness (QED) is 0.768. The molecule has 0 radical (unpaired) electrons. The lowest BCUT2D eigenvalue weighted by atomic mass is 10.1. The summed E-state index contributed by atoms with van der Waals surface area (Å²) in [5.74, 6) is -0.232. The van der Waals surface area contributed by atoms with Gasteiger partial charge in [-0.15, -0.1) is 0 Å². The van der Waals surface area contributed by atoms with Crippen LogP contribution in [-0.2, 0) is 6.54 Å². The summed E-state index contributed by atoms with van der Waals surface area (Å²) >= 11 is 0. The molecule has 0 aliphatic carbocycles. The smallest absolute Gasteiger partial charge is 0.253 e. The predicted molar refractivity (Wildman–Crippen MR) is 80.0 cm³/mol. The molecule has 0 saturated heterocycles. The third-order valence-corrected chi connectivity index (χ3v) is 3.21. The van der Waals surface area contributed by atoms with E-state index < -0.39 is 0 Å². The number of aromatic amines is 1. The second kappa shape index (κ2) is 5.58. The summed E-state index contributed by atoms with van der Waals surface area (Å²) in [6, 6.07) is 12.6. The van der Waals surface area contributed by atoms with Crippen LogP contribution in [0.4, 0.5) is 0 Å². The van der Waals surface area contributed by atoms with Crippen molar-refractivity contribution >= 4 is 16.8 Å². The van der Waals surface area contributed by atoms with Gasteiger partial charge in [0.05, 0.1) is 0 Å². The molecule has 0 spiro atoms. The average molecular weight is 279 g/mol. The second-order valence-corrected chi connectivity index (χ2v) is 4.63. The molecular weight excluding hydrogens is 266 g/mol. The zero-order valence-corrected chi connectivity index (χ0v) is 11.2. The van der Waals surface area contributed by atoms with Gasteiger partial charge in [-0.25, -0.2) is 0 Å². The standard InChI is InChI=1S/C16H13N3O2/c20-15(11-5-7-17-8-6-11)18-10-13-9-12-3-1-2-4-14(12)19-16(13)21/h1-9H,10H2,(H,18,20)(H,19,21). The van der Waals surface area contributed by atoms with E-state index in [0.29, 0.717) is 11.1 Å². The lowest BCUT2D eigenvalue weighted by molar-refractivity contribution is 0.0950. The molecule has 3 aromatic rings.